The lowest BCUT2D eigenvalue weighted by Crippen LogP contribution is -2.55. The lowest BCUT2D eigenvalue weighted by atomic mass is 10.1. The summed E-state index contributed by atoms with van der Waals surface area (Å²) in [6.07, 6.45) is 0.312. The maximum absolute atomic E-state index is 12.2. The molecule has 9 nitrogen and oxygen atoms in total. The minimum atomic E-state index is -1.92. The molecule has 0 aromatic carbocycles. The molecule has 0 spiro atoms. The molecule has 0 saturated carbocycles. The van der Waals surface area contributed by atoms with E-state index in [1.54, 1.807) is 20.8 Å². The van der Waals surface area contributed by atoms with Gasteiger partial charge in [0.15, 0.2) is 3.95 Å². The normalized spacial score (nSPS) is 15.2. The van der Waals surface area contributed by atoms with Crippen LogP contribution in [0.1, 0.15) is 27.7 Å². The second-order valence-electron chi connectivity index (χ2n) is 5.44. The first-order valence-corrected chi connectivity index (χ1v) is 7.72. The van der Waals surface area contributed by atoms with E-state index in [4.69, 9.17) is 26.7 Å². The van der Waals surface area contributed by atoms with Crippen molar-refractivity contribution < 1.29 is 24.1 Å². The minimum Gasteiger partial charge on any atom is -0.466 e. The summed E-state index contributed by atoms with van der Waals surface area (Å²) in [7, 11) is 1.16. The van der Waals surface area contributed by atoms with Crippen molar-refractivity contribution in [2.75, 3.05) is 12.4 Å². The fourth-order valence-electron chi connectivity index (χ4n) is 1.44. The number of esters is 1. The van der Waals surface area contributed by atoms with Crippen molar-refractivity contribution in [2.45, 2.75) is 45.1 Å². The number of aromatic amines is 1. The summed E-state index contributed by atoms with van der Waals surface area (Å²) in [6.45, 7) is 6.77. The summed E-state index contributed by atoms with van der Waals surface area (Å²) in [5.41, 5.74) is -2.56. The fourth-order valence-corrected chi connectivity index (χ4v) is 2.29. The Morgan fingerprint density at radius 1 is 1.52 bits per heavy atom. The Morgan fingerprint density at radius 2 is 2.17 bits per heavy atom. The Bertz CT molecular complexity index is 646. The molecule has 0 unspecified atom stereocenters. The monoisotopic (exact) mass is 362 g/mol. The van der Waals surface area contributed by atoms with E-state index in [1.165, 1.54) is 13.0 Å². The Morgan fingerprint density at radius 3 is 2.61 bits per heavy atom. The van der Waals surface area contributed by atoms with Crippen molar-refractivity contribution in [3.05, 3.63) is 3.95 Å². The van der Waals surface area contributed by atoms with Gasteiger partial charge in [-0.25, -0.2) is 19.4 Å². The topological polar surface area (TPSA) is 115 Å². The zero-order valence-corrected chi connectivity index (χ0v) is 15.0. The zero-order chi connectivity index (χ0) is 17.7. The number of anilines is 1. The van der Waals surface area contributed by atoms with Crippen LogP contribution in [0, 0.1) is 3.95 Å². The smallest absolute Gasteiger partial charge is 0.358 e. The molecule has 2 atom stereocenters. The quantitative estimate of drug-likeness (QED) is 0.189. The van der Waals surface area contributed by atoms with Crippen molar-refractivity contribution in [1.82, 2.24) is 10.2 Å². The van der Waals surface area contributed by atoms with E-state index in [0.717, 1.165) is 18.4 Å². The maximum Gasteiger partial charge on any atom is 0.358 e. The molecule has 128 valence electrons. The van der Waals surface area contributed by atoms with Crippen molar-refractivity contribution >= 4 is 40.7 Å². The van der Waals surface area contributed by atoms with Gasteiger partial charge < -0.3 is 10.1 Å². The number of hydrogen-bond acceptors (Lipinski definition) is 10. The second kappa shape index (κ2) is 7.75. The summed E-state index contributed by atoms with van der Waals surface area (Å²) in [5.74, 6) is -0.869. The first kappa shape index (κ1) is 19.4. The summed E-state index contributed by atoms with van der Waals surface area (Å²) < 4.78 is 5.11. The minimum absolute atomic E-state index is 0.227. The number of aromatic nitrogens is 2. The molecule has 23 heavy (non-hydrogen) atoms. The lowest BCUT2D eigenvalue weighted by Gasteiger charge is -2.32. The molecule has 0 fully saturated rings. The second-order valence-corrected chi connectivity index (χ2v) is 7.10. The highest BCUT2D eigenvalue weighted by Gasteiger charge is 2.48. The van der Waals surface area contributed by atoms with Gasteiger partial charge in [-0.2, -0.15) is 4.99 Å². The number of nitrogens with one attached hydrogen (secondary N) is 2. The molecule has 0 radical (unpaired) electrons. The zero-order valence-electron chi connectivity index (χ0n) is 13.3. The van der Waals surface area contributed by atoms with Crippen LogP contribution in [0.15, 0.2) is 4.99 Å². The van der Waals surface area contributed by atoms with Gasteiger partial charge in [0.2, 0.25) is 11.2 Å². The lowest BCUT2D eigenvalue weighted by molar-refractivity contribution is -0.375. The van der Waals surface area contributed by atoms with Gasteiger partial charge in [-0.1, -0.05) is 11.3 Å². The predicted octanol–water partition coefficient (Wildman–Crippen LogP) is 1.95. The molecular formula is C12H18N4O5S2. The molecular weight excluding hydrogens is 344 g/mol. The first-order chi connectivity index (χ1) is 10.6. The van der Waals surface area contributed by atoms with Crippen LogP contribution < -0.4 is 5.32 Å². The van der Waals surface area contributed by atoms with Crippen LogP contribution >= 0.6 is 23.6 Å². The summed E-state index contributed by atoms with van der Waals surface area (Å²) in [6, 6.07) is 0. The number of nitrogens with zero attached hydrogens (tertiary/aromatic N) is 2. The van der Waals surface area contributed by atoms with Crippen LogP contribution in [0.3, 0.4) is 0 Å². The molecule has 0 bridgehead atoms. The maximum atomic E-state index is 12.2. The average molecular weight is 362 g/mol. The van der Waals surface area contributed by atoms with E-state index in [9.17, 15) is 9.59 Å². The van der Waals surface area contributed by atoms with Crippen molar-refractivity contribution in [3.63, 3.8) is 0 Å². The van der Waals surface area contributed by atoms with Gasteiger partial charge >= 0.3 is 5.97 Å². The number of carbonyl (C=O) groups is 1. The van der Waals surface area contributed by atoms with Crippen LogP contribution in [-0.4, -0.2) is 46.7 Å². The molecule has 1 aromatic rings. The highest BCUT2D eigenvalue weighted by Crippen LogP contribution is 2.26. The summed E-state index contributed by atoms with van der Waals surface area (Å²) >= 11 is 5.98. The van der Waals surface area contributed by atoms with E-state index >= 15 is 0 Å². The summed E-state index contributed by atoms with van der Waals surface area (Å²) in [5, 5.41) is 9.35. The van der Waals surface area contributed by atoms with Gasteiger partial charge in [-0.3, -0.25) is 5.10 Å². The third-order valence-electron chi connectivity index (χ3n) is 2.48. The standard InChI is InChI=1S/C12H18N4O5S2/c1-7(20-21-11(2,3)4)12(13-6-17,8(18)19-5)14-9-15-16-10(22)23-9/h7H,1-5H3,(H,14,15)(H,16,22)/t7-,12-/m1/s1. The molecule has 1 heterocycles. The third-order valence-corrected chi connectivity index (χ3v) is 3.49. The van der Waals surface area contributed by atoms with Gasteiger partial charge in [-0.05, 0) is 39.9 Å². The van der Waals surface area contributed by atoms with Gasteiger partial charge in [0.05, 0.1) is 12.7 Å². The number of methoxy groups -OCH3 is 1. The molecule has 1 rings (SSSR count). The van der Waals surface area contributed by atoms with Crippen LogP contribution in [0.5, 0.6) is 0 Å². The van der Waals surface area contributed by atoms with E-state index in [-0.39, 0.29) is 5.13 Å². The Labute approximate surface area is 142 Å². The average Bonchev–Trinajstić information content (AvgIpc) is 2.87. The number of carbonyl (C=O) groups excluding carboxylic acids is 2. The number of hydrogen-bond donors (Lipinski definition) is 2. The number of aliphatic imine (C=N–C) groups is 1. The molecule has 0 aliphatic carbocycles. The number of isocyanates is 1. The van der Waals surface area contributed by atoms with Crippen LogP contribution in [0.2, 0.25) is 0 Å². The molecule has 0 aliphatic rings. The van der Waals surface area contributed by atoms with Crippen LogP contribution in [0.25, 0.3) is 0 Å². The SMILES string of the molecule is COC(=O)[C@](N=C=O)(Nc1n[nH]c(=S)s1)[C@@H](C)OOC(C)(C)C. The molecule has 11 heteroatoms. The van der Waals surface area contributed by atoms with Crippen LogP contribution in [0.4, 0.5) is 5.13 Å². The number of rotatable bonds is 7. The Hall–Kier alpha value is -1.65. The fraction of sp³-hybridized carbons (Fsp3) is 0.667. The first-order valence-electron chi connectivity index (χ1n) is 6.50. The highest BCUT2D eigenvalue weighted by molar-refractivity contribution is 7.73. The van der Waals surface area contributed by atoms with Crippen molar-refractivity contribution in [1.29, 1.82) is 0 Å². The van der Waals surface area contributed by atoms with E-state index < -0.39 is 23.3 Å². The Balaban J connectivity index is 3.19. The molecule has 0 aliphatic heterocycles. The van der Waals surface area contributed by atoms with Crippen LogP contribution in [-0.2, 0) is 24.1 Å². The van der Waals surface area contributed by atoms with Gasteiger partial charge in [0.1, 0.15) is 6.10 Å². The van der Waals surface area contributed by atoms with Gasteiger partial charge in [-0.15, -0.1) is 5.10 Å². The van der Waals surface area contributed by atoms with Crippen molar-refractivity contribution in [3.8, 4) is 0 Å². The predicted molar refractivity (Wildman–Crippen MR) is 85.2 cm³/mol. The molecule has 2 N–H and O–H groups in total. The largest absolute Gasteiger partial charge is 0.466 e. The number of H-pyrrole nitrogens is 1. The van der Waals surface area contributed by atoms with Crippen molar-refractivity contribution in [2.24, 2.45) is 4.99 Å². The summed E-state index contributed by atoms with van der Waals surface area (Å²) in [4.78, 5) is 37.1. The van der Waals surface area contributed by atoms with Gasteiger partial charge in [0.25, 0.3) is 5.66 Å². The molecule has 0 amide bonds. The number of ether oxygens (including phenoxy) is 1. The highest BCUT2D eigenvalue weighted by atomic mass is 32.1. The van der Waals surface area contributed by atoms with E-state index in [1.807, 2.05) is 0 Å². The third kappa shape index (κ3) is 5.19. The van der Waals surface area contributed by atoms with E-state index in [0.29, 0.717) is 3.95 Å². The van der Waals surface area contributed by atoms with E-state index in [2.05, 4.69) is 20.5 Å². The molecule has 1 aromatic heterocycles. The van der Waals surface area contributed by atoms with Gasteiger partial charge in [0, 0.05) is 0 Å². The Kier molecular flexibility index (Phi) is 6.54. The molecule has 0 saturated heterocycles.